The minimum Gasteiger partial charge on any atom is -0.490 e. The Kier molecular flexibility index (Phi) is 3.31. The molecule has 0 unspecified atom stereocenters. The number of aromatic nitrogens is 2. The molecule has 1 fully saturated rings. The molecule has 6 heteroatoms. The Morgan fingerprint density at radius 1 is 1.55 bits per heavy atom. The fourth-order valence-electron chi connectivity index (χ4n) is 2.45. The number of hydrogen-bond acceptors (Lipinski definition) is 5. The van der Waals surface area contributed by atoms with Crippen LogP contribution in [0.4, 0.5) is 5.69 Å². The number of aryl methyl sites for hydroxylation is 1. The molecule has 3 rings (SSSR count). The molecule has 2 aliphatic heterocycles. The average molecular weight is 274 g/mol. The molecule has 2 aliphatic rings. The SMILES string of the molecule is C/C(O[C@H]1CCOC1)=C1\C(=N)C=CN1c1cnn(C)c1. The summed E-state index contributed by atoms with van der Waals surface area (Å²) in [4.78, 5) is 1.93. The number of anilines is 1. The van der Waals surface area contributed by atoms with E-state index in [-0.39, 0.29) is 6.10 Å². The molecule has 0 bridgehead atoms. The standard InChI is InChI=1S/C14H18N4O2/c1-10(20-12-4-6-19-9-12)14-13(15)3-5-18(14)11-7-16-17(2)8-11/h3,5,7-8,12,15H,4,6,9H2,1-2H3/b14-10-,15-13?/t12-/m0/s1. The van der Waals surface area contributed by atoms with Crippen molar-refractivity contribution in [3.63, 3.8) is 0 Å². The lowest BCUT2D eigenvalue weighted by molar-refractivity contribution is 0.0917. The summed E-state index contributed by atoms with van der Waals surface area (Å²) in [5, 5.41) is 12.2. The summed E-state index contributed by atoms with van der Waals surface area (Å²) in [7, 11) is 1.87. The summed E-state index contributed by atoms with van der Waals surface area (Å²) in [6.07, 6.45) is 8.31. The highest BCUT2D eigenvalue weighted by atomic mass is 16.5. The average Bonchev–Trinajstić information content (AvgIpc) is 3.10. The topological polar surface area (TPSA) is 63.4 Å². The third-order valence-electron chi connectivity index (χ3n) is 3.42. The van der Waals surface area contributed by atoms with Crippen LogP contribution >= 0.6 is 0 Å². The first kappa shape index (κ1) is 12.9. The van der Waals surface area contributed by atoms with Gasteiger partial charge < -0.3 is 14.4 Å². The summed E-state index contributed by atoms with van der Waals surface area (Å²) in [5.74, 6) is 0.749. The molecule has 1 aromatic heterocycles. The lowest BCUT2D eigenvalue weighted by Crippen LogP contribution is -2.20. The van der Waals surface area contributed by atoms with Crippen molar-refractivity contribution in [2.24, 2.45) is 7.05 Å². The van der Waals surface area contributed by atoms with E-state index >= 15 is 0 Å². The van der Waals surface area contributed by atoms with Crippen LogP contribution in [0.5, 0.6) is 0 Å². The lowest BCUT2D eigenvalue weighted by atomic mass is 10.2. The predicted octanol–water partition coefficient (Wildman–Crippen LogP) is 1.81. The Morgan fingerprint density at radius 2 is 2.40 bits per heavy atom. The molecule has 0 saturated carbocycles. The second-order valence-electron chi connectivity index (χ2n) is 4.98. The first-order valence-corrected chi connectivity index (χ1v) is 6.65. The number of ether oxygens (including phenoxy) is 2. The highest BCUT2D eigenvalue weighted by Gasteiger charge is 2.25. The van der Waals surface area contributed by atoms with Crippen molar-refractivity contribution in [1.82, 2.24) is 9.78 Å². The molecule has 20 heavy (non-hydrogen) atoms. The van der Waals surface area contributed by atoms with E-state index < -0.39 is 0 Å². The Balaban J connectivity index is 1.86. The van der Waals surface area contributed by atoms with Gasteiger partial charge >= 0.3 is 0 Å². The Bertz CT molecular complexity index is 582. The second-order valence-corrected chi connectivity index (χ2v) is 4.98. The van der Waals surface area contributed by atoms with E-state index in [9.17, 15) is 0 Å². The zero-order chi connectivity index (χ0) is 14.1. The van der Waals surface area contributed by atoms with Crippen LogP contribution in [0, 0.1) is 5.41 Å². The highest BCUT2D eigenvalue weighted by Crippen LogP contribution is 2.28. The van der Waals surface area contributed by atoms with Crippen molar-refractivity contribution in [2.75, 3.05) is 18.1 Å². The summed E-state index contributed by atoms with van der Waals surface area (Å²) < 4.78 is 13.0. The van der Waals surface area contributed by atoms with E-state index in [1.807, 2.05) is 31.3 Å². The molecular formula is C14H18N4O2. The Labute approximate surface area is 117 Å². The quantitative estimate of drug-likeness (QED) is 0.854. The van der Waals surface area contributed by atoms with Crippen molar-refractivity contribution in [1.29, 1.82) is 5.41 Å². The monoisotopic (exact) mass is 274 g/mol. The van der Waals surface area contributed by atoms with Crippen LogP contribution < -0.4 is 4.90 Å². The predicted molar refractivity (Wildman–Crippen MR) is 75.6 cm³/mol. The van der Waals surface area contributed by atoms with Crippen molar-refractivity contribution >= 4 is 11.4 Å². The molecule has 1 saturated heterocycles. The minimum atomic E-state index is 0.0895. The molecule has 106 valence electrons. The van der Waals surface area contributed by atoms with Gasteiger partial charge in [-0.15, -0.1) is 0 Å². The van der Waals surface area contributed by atoms with Crippen LogP contribution in [0.25, 0.3) is 0 Å². The minimum absolute atomic E-state index is 0.0895. The molecule has 0 aromatic carbocycles. The first-order valence-electron chi connectivity index (χ1n) is 6.65. The zero-order valence-electron chi connectivity index (χ0n) is 11.7. The van der Waals surface area contributed by atoms with Gasteiger partial charge in [0, 0.05) is 25.9 Å². The highest BCUT2D eigenvalue weighted by molar-refractivity contribution is 6.12. The molecular weight excluding hydrogens is 256 g/mol. The largest absolute Gasteiger partial charge is 0.490 e. The molecule has 1 N–H and O–H groups in total. The van der Waals surface area contributed by atoms with Gasteiger partial charge in [-0.05, 0) is 13.0 Å². The van der Waals surface area contributed by atoms with Gasteiger partial charge in [0.15, 0.2) is 0 Å². The van der Waals surface area contributed by atoms with Crippen LogP contribution in [0.15, 0.2) is 36.1 Å². The summed E-state index contributed by atoms with van der Waals surface area (Å²) in [6, 6.07) is 0. The summed E-state index contributed by atoms with van der Waals surface area (Å²) >= 11 is 0. The fourth-order valence-corrected chi connectivity index (χ4v) is 2.45. The maximum absolute atomic E-state index is 8.07. The van der Waals surface area contributed by atoms with Gasteiger partial charge in [0.05, 0.1) is 30.8 Å². The van der Waals surface area contributed by atoms with Crippen molar-refractivity contribution in [3.05, 3.63) is 36.1 Å². The second kappa shape index (κ2) is 5.13. The van der Waals surface area contributed by atoms with E-state index in [0.29, 0.717) is 12.3 Å². The molecule has 6 nitrogen and oxygen atoms in total. The fraction of sp³-hybridized carbons (Fsp3) is 0.429. The number of hydrogen-bond donors (Lipinski definition) is 1. The van der Waals surface area contributed by atoms with Gasteiger partial charge in [-0.1, -0.05) is 0 Å². The number of nitrogens with one attached hydrogen (secondary N) is 1. The van der Waals surface area contributed by atoms with Gasteiger partial charge in [0.2, 0.25) is 0 Å². The smallest absolute Gasteiger partial charge is 0.124 e. The maximum Gasteiger partial charge on any atom is 0.124 e. The summed E-state index contributed by atoms with van der Waals surface area (Å²) in [6.45, 7) is 3.27. The van der Waals surface area contributed by atoms with E-state index in [4.69, 9.17) is 14.9 Å². The van der Waals surface area contributed by atoms with E-state index in [1.54, 1.807) is 17.0 Å². The Hall–Kier alpha value is -2.08. The van der Waals surface area contributed by atoms with Crippen molar-refractivity contribution < 1.29 is 9.47 Å². The molecule has 0 radical (unpaired) electrons. The van der Waals surface area contributed by atoms with E-state index in [0.717, 1.165) is 30.2 Å². The van der Waals surface area contributed by atoms with Crippen LogP contribution in [-0.4, -0.2) is 34.8 Å². The van der Waals surface area contributed by atoms with Crippen molar-refractivity contribution in [3.8, 4) is 0 Å². The maximum atomic E-state index is 8.07. The zero-order valence-corrected chi connectivity index (χ0v) is 11.7. The first-order chi connectivity index (χ1) is 9.65. The van der Waals surface area contributed by atoms with Crippen molar-refractivity contribution in [2.45, 2.75) is 19.4 Å². The molecule has 0 spiro atoms. The van der Waals surface area contributed by atoms with Gasteiger partial charge in [-0.2, -0.15) is 5.10 Å². The van der Waals surface area contributed by atoms with Crippen LogP contribution in [-0.2, 0) is 16.5 Å². The third-order valence-corrected chi connectivity index (χ3v) is 3.42. The van der Waals surface area contributed by atoms with Crippen LogP contribution in [0.2, 0.25) is 0 Å². The number of rotatable bonds is 3. The van der Waals surface area contributed by atoms with Crippen LogP contribution in [0.3, 0.4) is 0 Å². The normalized spacial score (nSPS) is 24.6. The molecule has 0 amide bonds. The molecule has 1 aromatic rings. The van der Waals surface area contributed by atoms with Crippen LogP contribution in [0.1, 0.15) is 13.3 Å². The molecule has 1 atom stereocenters. The number of nitrogens with zero attached hydrogens (tertiary/aromatic N) is 3. The van der Waals surface area contributed by atoms with Gasteiger partial charge in [-0.25, -0.2) is 0 Å². The van der Waals surface area contributed by atoms with Gasteiger partial charge in [-0.3, -0.25) is 10.1 Å². The van der Waals surface area contributed by atoms with E-state index in [2.05, 4.69) is 5.10 Å². The van der Waals surface area contributed by atoms with Gasteiger partial charge in [0.1, 0.15) is 17.6 Å². The summed E-state index contributed by atoms with van der Waals surface area (Å²) in [5.41, 5.74) is 2.14. The molecule has 0 aliphatic carbocycles. The molecule has 3 heterocycles. The number of allylic oxidation sites excluding steroid dienone is 2. The van der Waals surface area contributed by atoms with Gasteiger partial charge in [0.25, 0.3) is 0 Å². The Morgan fingerprint density at radius 3 is 3.05 bits per heavy atom. The lowest BCUT2D eigenvalue weighted by Gasteiger charge is -2.21. The van der Waals surface area contributed by atoms with E-state index in [1.165, 1.54) is 0 Å². The third kappa shape index (κ3) is 2.34.